The minimum Gasteiger partial charge on any atom is -0.354 e. The summed E-state index contributed by atoms with van der Waals surface area (Å²) < 4.78 is 0. The van der Waals surface area contributed by atoms with E-state index in [4.69, 9.17) is 5.73 Å². The number of carbonyl (C=O) groups excluding carboxylic acids is 1. The number of rotatable bonds is 5. The predicted octanol–water partition coefficient (Wildman–Crippen LogP) is 3.44. The van der Waals surface area contributed by atoms with E-state index in [0.717, 1.165) is 24.3 Å². The van der Waals surface area contributed by atoms with Crippen molar-refractivity contribution in [2.45, 2.75) is 45.1 Å². The van der Waals surface area contributed by atoms with Crippen molar-refractivity contribution >= 4 is 18.3 Å². The molecular weight excluding hydrogens is 284 g/mol. The SMILES string of the molecule is CCC1CCC(C(=O)NCC(N)c2ccccc2)CC1.Cl. The Kier molecular flexibility index (Phi) is 7.76. The van der Waals surface area contributed by atoms with Crippen molar-refractivity contribution < 1.29 is 4.79 Å². The van der Waals surface area contributed by atoms with Gasteiger partial charge in [0.05, 0.1) is 0 Å². The summed E-state index contributed by atoms with van der Waals surface area (Å²) in [7, 11) is 0. The van der Waals surface area contributed by atoms with Crippen molar-refractivity contribution in [1.82, 2.24) is 5.32 Å². The Labute approximate surface area is 134 Å². The maximum absolute atomic E-state index is 12.2. The van der Waals surface area contributed by atoms with Gasteiger partial charge in [-0.3, -0.25) is 4.79 Å². The lowest BCUT2D eigenvalue weighted by molar-refractivity contribution is -0.126. The quantitative estimate of drug-likeness (QED) is 0.875. The third-order valence-electron chi connectivity index (χ3n) is 4.52. The van der Waals surface area contributed by atoms with Crippen LogP contribution in [0.25, 0.3) is 0 Å². The van der Waals surface area contributed by atoms with E-state index in [2.05, 4.69) is 12.2 Å². The fourth-order valence-electron chi connectivity index (χ4n) is 3.01. The van der Waals surface area contributed by atoms with Gasteiger partial charge in [0.1, 0.15) is 0 Å². The van der Waals surface area contributed by atoms with Gasteiger partial charge >= 0.3 is 0 Å². The maximum Gasteiger partial charge on any atom is 0.223 e. The first-order chi connectivity index (χ1) is 9.70. The minimum absolute atomic E-state index is 0. The van der Waals surface area contributed by atoms with Crippen molar-refractivity contribution in [1.29, 1.82) is 0 Å². The summed E-state index contributed by atoms with van der Waals surface area (Å²) in [5, 5.41) is 3.02. The summed E-state index contributed by atoms with van der Waals surface area (Å²) in [6.45, 7) is 2.76. The van der Waals surface area contributed by atoms with E-state index in [1.54, 1.807) is 0 Å². The number of hydrogen-bond donors (Lipinski definition) is 2. The lowest BCUT2D eigenvalue weighted by atomic mass is 9.80. The van der Waals surface area contributed by atoms with Crippen LogP contribution in [0, 0.1) is 11.8 Å². The molecule has 1 unspecified atom stereocenters. The van der Waals surface area contributed by atoms with E-state index in [1.807, 2.05) is 30.3 Å². The van der Waals surface area contributed by atoms with Gasteiger partial charge in [0.15, 0.2) is 0 Å². The lowest BCUT2D eigenvalue weighted by Gasteiger charge is -2.27. The summed E-state index contributed by atoms with van der Waals surface area (Å²) in [5.74, 6) is 1.21. The van der Waals surface area contributed by atoms with Crippen LogP contribution in [0.5, 0.6) is 0 Å². The summed E-state index contributed by atoms with van der Waals surface area (Å²) in [6, 6.07) is 9.81. The van der Waals surface area contributed by atoms with Crippen LogP contribution in [0.4, 0.5) is 0 Å². The van der Waals surface area contributed by atoms with Crippen LogP contribution < -0.4 is 11.1 Å². The first-order valence-corrected chi connectivity index (χ1v) is 7.79. The van der Waals surface area contributed by atoms with Gasteiger partial charge in [0, 0.05) is 18.5 Å². The van der Waals surface area contributed by atoms with Crippen molar-refractivity contribution in [2.75, 3.05) is 6.54 Å². The smallest absolute Gasteiger partial charge is 0.223 e. The molecule has 0 radical (unpaired) electrons. The molecule has 1 saturated carbocycles. The van der Waals surface area contributed by atoms with Crippen LogP contribution in [-0.4, -0.2) is 12.5 Å². The molecular formula is C17H27ClN2O. The highest BCUT2D eigenvalue weighted by Crippen LogP contribution is 2.30. The molecule has 0 aliphatic heterocycles. The molecule has 0 aromatic heterocycles. The molecule has 1 aromatic rings. The number of benzene rings is 1. The highest BCUT2D eigenvalue weighted by molar-refractivity contribution is 5.85. The second-order valence-electron chi connectivity index (χ2n) is 5.89. The number of amides is 1. The van der Waals surface area contributed by atoms with Crippen LogP contribution in [0.1, 0.15) is 50.6 Å². The Balaban J connectivity index is 0.00000220. The Morgan fingerprint density at radius 1 is 1.24 bits per heavy atom. The van der Waals surface area contributed by atoms with Gasteiger partial charge in [-0.1, -0.05) is 43.7 Å². The monoisotopic (exact) mass is 310 g/mol. The predicted molar refractivity (Wildman–Crippen MR) is 89.4 cm³/mol. The third kappa shape index (κ3) is 5.33. The molecule has 1 atom stereocenters. The normalized spacial score (nSPS) is 23.0. The summed E-state index contributed by atoms with van der Waals surface area (Å²) in [6.07, 6.45) is 5.70. The summed E-state index contributed by atoms with van der Waals surface area (Å²) in [5.41, 5.74) is 7.17. The number of hydrogen-bond acceptors (Lipinski definition) is 2. The van der Waals surface area contributed by atoms with Gasteiger partial charge in [-0.2, -0.15) is 0 Å². The van der Waals surface area contributed by atoms with Crippen LogP contribution in [-0.2, 0) is 4.79 Å². The zero-order valence-corrected chi connectivity index (χ0v) is 13.6. The maximum atomic E-state index is 12.2. The van der Waals surface area contributed by atoms with E-state index in [-0.39, 0.29) is 30.3 Å². The first kappa shape index (κ1) is 18.0. The zero-order chi connectivity index (χ0) is 14.4. The van der Waals surface area contributed by atoms with Gasteiger partial charge in [-0.05, 0) is 37.2 Å². The molecule has 1 fully saturated rings. The van der Waals surface area contributed by atoms with Gasteiger partial charge < -0.3 is 11.1 Å². The Bertz CT molecular complexity index is 416. The molecule has 3 N–H and O–H groups in total. The average molecular weight is 311 g/mol. The van der Waals surface area contributed by atoms with Crippen LogP contribution in [0.3, 0.4) is 0 Å². The Hall–Kier alpha value is -1.06. The highest BCUT2D eigenvalue weighted by Gasteiger charge is 2.25. The topological polar surface area (TPSA) is 55.1 Å². The molecule has 0 spiro atoms. The molecule has 3 nitrogen and oxygen atoms in total. The largest absolute Gasteiger partial charge is 0.354 e. The molecule has 0 bridgehead atoms. The van der Waals surface area contributed by atoms with Crippen LogP contribution in [0.2, 0.25) is 0 Å². The van der Waals surface area contributed by atoms with E-state index in [9.17, 15) is 4.79 Å². The van der Waals surface area contributed by atoms with Gasteiger partial charge in [0.25, 0.3) is 0 Å². The first-order valence-electron chi connectivity index (χ1n) is 7.79. The van der Waals surface area contributed by atoms with Gasteiger partial charge in [0.2, 0.25) is 5.91 Å². The second-order valence-corrected chi connectivity index (χ2v) is 5.89. The number of carbonyl (C=O) groups is 1. The Morgan fingerprint density at radius 2 is 1.86 bits per heavy atom. The van der Waals surface area contributed by atoms with E-state index in [0.29, 0.717) is 6.54 Å². The summed E-state index contributed by atoms with van der Waals surface area (Å²) >= 11 is 0. The van der Waals surface area contributed by atoms with Gasteiger partial charge in [-0.15, -0.1) is 12.4 Å². The van der Waals surface area contributed by atoms with Gasteiger partial charge in [-0.25, -0.2) is 0 Å². The lowest BCUT2D eigenvalue weighted by Crippen LogP contribution is -2.37. The molecule has 118 valence electrons. The van der Waals surface area contributed by atoms with Crippen molar-refractivity contribution in [2.24, 2.45) is 17.6 Å². The highest BCUT2D eigenvalue weighted by atomic mass is 35.5. The molecule has 21 heavy (non-hydrogen) atoms. The van der Waals surface area contributed by atoms with Crippen molar-refractivity contribution in [3.8, 4) is 0 Å². The number of nitrogens with two attached hydrogens (primary N) is 1. The average Bonchev–Trinajstić information content (AvgIpc) is 2.53. The molecule has 2 rings (SSSR count). The van der Waals surface area contributed by atoms with Crippen LogP contribution >= 0.6 is 12.4 Å². The van der Waals surface area contributed by atoms with Crippen molar-refractivity contribution in [3.05, 3.63) is 35.9 Å². The molecule has 1 aromatic carbocycles. The van der Waals surface area contributed by atoms with Crippen molar-refractivity contribution in [3.63, 3.8) is 0 Å². The molecule has 1 amide bonds. The fourth-order valence-corrected chi connectivity index (χ4v) is 3.01. The second kappa shape index (κ2) is 9.06. The fraction of sp³-hybridized carbons (Fsp3) is 0.588. The Morgan fingerprint density at radius 3 is 2.43 bits per heavy atom. The number of halogens is 1. The molecule has 0 saturated heterocycles. The summed E-state index contributed by atoms with van der Waals surface area (Å²) in [4.78, 5) is 12.2. The van der Waals surface area contributed by atoms with Crippen LogP contribution in [0.15, 0.2) is 30.3 Å². The molecule has 1 aliphatic rings. The molecule has 1 aliphatic carbocycles. The number of nitrogens with one attached hydrogen (secondary N) is 1. The van der Waals surface area contributed by atoms with E-state index < -0.39 is 0 Å². The standard InChI is InChI=1S/C17H26N2O.ClH/c1-2-13-8-10-15(11-9-13)17(20)19-12-16(18)14-6-4-3-5-7-14;/h3-7,13,15-16H,2,8-12,18H2,1H3,(H,19,20);1H. The third-order valence-corrected chi connectivity index (χ3v) is 4.52. The zero-order valence-electron chi connectivity index (χ0n) is 12.8. The molecule has 4 heteroatoms. The molecule has 0 heterocycles. The van der Waals surface area contributed by atoms with E-state index in [1.165, 1.54) is 19.3 Å². The van der Waals surface area contributed by atoms with E-state index >= 15 is 0 Å². The minimum atomic E-state index is -0.118.